The molecule has 2 amide bonds. The van der Waals surface area contributed by atoms with Gasteiger partial charge in [0.1, 0.15) is 11.5 Å². The topological polar surface area (TPSA) is 80.6 Å². The van der Waals surface area contributed by atoms with Crippen LogP contribution in [-0.4, -0.2) is 31.1 Å². The maximum atomic E-state index is 12.6. The van der Waals surface area contributed by atoms with Crippen molar-refractivity contribution in [2.75, 3.05) is 13.2 Å². The molecule has 1 atom stereocenters. The van der Waals surface area contributed by atoms with E-state index < -0.39 is 0 Å². The van der Waals surface area contributed by atoms with Crippen LogP contribution in [0.25, 0.3) is 6.08 Å². The Morgan fingerprint density at radius 2 is 2.15 bits per heavy atom. The maximum Gasteiger partial charge on any atom is 0.268 e. The number of aryl methyl sites for hydroxylation is 1. The smallest absolute Gasteiger partial charge is 0.268 e. The molecule has 0 radical (unpaired) electrons. The van der Waals surface area contributed by atoms with E-state index >= 15 is 0 Å². The third-order valence-corrected chi connectivity index (χ3v) is 4.12. The van der Waals surface area contributed by atoms with Gasteiger partial charge in [0, 0.05) is 24.8 Å². The molecule has 1 aromatic heterocycles. The van der Waals surface area contributed by atoms with Crippen molar-refractivity contribution in [3.63, 3.8) is 0 Å². The Kier molecular flexibility index (Phi) is 5.86. The van der Waals surface area contributed by atoms with Gasteiger partial charge in [0.2, 0.25) is 0 Å². The molecule has 1 fully saturated rings. The third-order valence-electron chi connectivity index (χ3n) is 4.12. The molecule has 136 valence electrons. The lowest BCUT2D eigenvalue weighted by Crippen LogP contribution is -2.38. The zero-order valence-electron chi connectivity index (χ0n) is 14.7. The van der Waals surface area contributed by atoms with E-state index in [9.17, 15) is 9.59 Å². The first-order valence-corrected chi connectivity index (χ1v) is 8.65. The van der Waals surface area contributed by atoms with Crippen LogP contribution in [-0.2, 0) is 9.53 Å². The molecule has 0 spiro atoms. The monoisotopic (exact) mass is 354 g/mol. The van der Waals surface area contributed by atoms with Crippen molar-refractivity contribution in [1.82, 2.24) is 10.6 Å². The summed E-state index contributed by atoms with van der Waals surface area (Å²) < 4.78 is 10.8. The van der Waals surface area contributed by atoms with Gasteiger partial charge in [-0.05, 0) is 44.0 Å². The molecule has 1 aliphatic heterocycles. The van der Waals surface area contributed by atoms with E-state index in [2.05, 4.69) is 10.6 Å². The Labute approximate surface area is 152 Å². The van der Waals surface area contributed by atoms with Crippen molar-refractivity contribution in [2.45, 2.75) is 25.9 Å². The largest absolute Gasteiger partial charge is 0.465 e. The number of nitrogens with one attached hydrogen (secondary N) is 2. The summed E-state index contributed by atoms with van der Waals surface area (Å²) in [6.45, 7) is 3.04. The minimum Gasteiger partial charge on any atom is -0.465 e. The molecule has 0 aliphatic carbocycles. The summed E-state index contributed by atoms with van der Waals surface area (Å²) in [6.07, 6.45) is 4.97. The van der Waals surface area contributed by atoms with Crippen LogP contribution in [0.15, 0.2) is 52.8 Å². The first-order chi connectivity index (χ1) is 12.6. The van der Waals surface area contributed by atoms with E-state index in [0.717, 1.165) is 25.0 Å². The fourth-order valence-electron chi connectivity index (χ4n) is 2.76. The van der Waals surface area contributed by atoms with E-state index in [4.69, 9.17) is 9.15 Å². The highest BCUT2D eigenvalue weighted by Gasteiger charge is 2.19. The first kappa shape index (κ1) is 17.9. The van der Waals surface area contributed by atoms with Crippen molar-refractivity contribution in [3.8, 4) is 0 Å². The minimum absolute atomic E-state index is 0.0243. The lowest BCUT2D eigenvalue weighted by molar-refractivity contribution is -0.118. The SMILES string of the molecule is Cc1cccc(C(=O)N/C(=C\c2ccco2)C(=O)NC[C@@H]2CCCO2)c1. The summed E-state index contributed by atoms with van der Waals surface area (Å²) in [7, 11) is 0. The number of amides is 2. The van der Waals surface area contributed by atoms with Gasteiger partial charge >= 0.3 is 0 Å². The van der Waals surface area contributed by atoms with Gasteiger partial charge in [0.15, 0.2) is 0 Å². The molecule has 0 bridgehead atoms. The standard InChI is InChI=1S/C20H22N2O4/c1-14-5-2-6-15(11-14)19(23)22-18(12-16-7-3-9-25-16)20(24)21-13-17-8-4-10-26-17/h2-3,5-7,9,11-12,17H,4,8,10,13H2,1H3,(H,21,24)(H,22,23)/b18-12-/t17-/m0/s1. The zero-order valence-corrected chi connectivity index (χ0v) is 14.7. The maximum absolute atomic E-state index is 12.6. The fourth-order valence-corrected chi connectivity index (χ4v) is 2.76. The minimum atomic E-state index is -0.377. The van der Waals surface area contributed by atoms with Gasteiger partial charge in [-0.25, -0.2) is 0 Å². The van der Waals surface area contributed by atoms with Crippen molar-refractivity contribution in [2.24, 2.45) is 0 Å². The summed E-state index contributed by atoms with van der Waals surface area (Å²) in [5.41, 5.74) is 1.59. The number of carbonyl (C=O) groups is 2. The molecule has 6 nitrogen and oxygen atoms in total. The van der Waals surface area contributed by atoms with Crippen molar-refractivity contribution in [3.05, 3.63) is 65.2 Å². The van der Waals surface area contributed by atoms with Gasteiger partial charge in [0.05, 0.1) is 12.4 Å². The van der Waals surface area contributed by atoms with Gasteiger partial charge < -0.3 is 19.8 Å². The Morgan fingerprint density at radius 1 is 1.27 bits per heavy atom. The van der Waals surface area contributed by atoms with Crippen LogP contribution in [0.1, 0.15) is 34.5 Å². The molecule has 1 aromatic carbocycles. The predicted molar refractivity (Wildman–Crippen MR) is 97.3 cm³/mol. The van der Waals surface area contributed by atoms with E-state index in [1.165, 1.54) is 12.3 Å². The van der Waals surface area contributed by atoms with Crippen LogP contribution in [0.5, 0.6) is 0 Å². The van der Waals surface area contributed by atoms with E-state index in [1.54, 1.807) is 30.3 Å². The quantitative estimate of drug-likeness (QED) is 0.782. The molecule has 26 heavy (non-hydrogen) atoms. The van der Waals surface area contributed by atoms with E-state index in [0.29, 0.717) is 17.9 Å². The van der Waals surface area contributed by atoms with Gasteiger partial charge in [-0.3, -0.25) is 9.59 Å². The molecule has 6 heteroatoms. The summed E-state index contributed by atoms with van der Waals surface area (Å²) in [6, 6.07) is 10.6. The molecule has 3 rings (SSSR count). The average Bonchev–Trinajstić information content (AvgIpc) is 3.33. The second-order valence-electron chi connectivity index (χ2n) is 6.24. The number of ether oxygens (including phenoxy) is 1. The second kappa shape index (κ2) is 8.49. The highest BCUT2D eigenvalue weighted by Crippen LogP contribution is 2.12. The second-order valence-corrected chi connectivity index (χ2v) is 6.24. The highest BCUT2D eigenvalue weighted by molar-refractivity contribution is 6.05. The molecule has 1 aliphatic rings. The third kappa shape index (κ3) is 4.83. The van der Waals surface area contributed by atoms with E-state index in [-0.39, 0.29) is 23.6 Å². The number of hydrogen-bond acceptors (Lipinski definition) is 4. The number of carbonyl (C=O) groups excluding carboxylic acids is 2. The van der Waals surface area contributed by atoms with Gasteiger partial charge in [-0.15, -0.1) is 0 Å². The number of benzene rings is 1. The van der Waals surface area contributed by atoms with Crippen LogP contribution in [0.2, 0.25) is 0 Å². The Hall–Kier alpha value is -2.86. The summed E-state index contributed by atoms with van der Waals surface area (Å²) in [4.78, 5) is 25.1. The molecule has 1 saturated heterocycles. The van der Waals surface area contributed by atoms with Crippen molar-refractivity contribution >= 4 is 17.9 Å². The summed E-state index contributed by atoms with van der Waals surface area (Å²) >= 11 is 0. The first-order valence-electron chi connectivity index (χ1n) is 8.65. The fraction of sp³-hybridized carbons (Fsp3) is 0.300. The van der Waals surface area contributed by atoms with Crippen LogP contribution in [0.3, 0.4) is 0 Å². The van der Waals surface area contributed by atoms with E-state index in [1.807, 2.05) is 13.0 Å². The Bertz CT molecular complexity index is 790. The Morgan fingerprint density at radius 3 is 2.85 bits per heavy atom. The number of hydrogen-bond donors (Lipinski definition) is 2. The summed E-state index contributed by atoms with van der Waals surface area (Å²) in [5, 5.41) is 5.50. The number of rotatable bonds is 6. The predicted octanol–water partition coefficient (Wildman–Crippen LogP) is 2.65. The van der Waals surface area contributed by atoms with Crippen LogP contribution in [0, 0.1) is 6.92 Å². The van der Waals surface area contributed by atoms with Gasteiger partial charge in [-0.2, -0.15) is 0 Å². The van der Waals surface area contributed by atoms with Crippen LogP contribution in [0.4, 0.5) is 0 Å². The Balaban J connectivity index is 1.72. The molecular weight excluding hydrogens is 332 g/mol. The molecule has 2 aromatic rings. The van der Waals surface area contributed by atoms with Crippen LogP contribution < -0.4 is 10.6 Å². The molecule has 2 heterocycles. The van der Waals surface area contributed by atoms with Gasteiger partial charge in [-0.1, -0.05) is 17.7 Å². The zero-order chi connectivity index (χ0) is 18.4. The van der Waals surface area contributed by atoms with Crippen LogP contribution >= 0.6 is 0 Å². The molecular formula is C20H22N2O4. The lowest BCUT2D eigenvalue weighted by atomic mass is 10.1. The summed E-state index contributed by atoms with van der Waals surface area (Å²) in [5.74, 6) is -0.242. The van der Waals surface area contributed by atoms with Crippen molar-refractivity contribution in [1.29, 1.82) is 0 Å². The highest BCUT2D eigenvalue weighted by atomic mass is 16.5. The lowest BCUT2D eigenvalue weighted by Gasteiger charge is -2.13. The van der Waals surface area contributed by atoms with Gasteiger partial charge in [0.25, 0.3) is 11.8 Å². The molecule has 2 N–H and O–H groups in total. The average molecular weight is 354 g/mol. The molecule has 0 saturated carbocycles. The molecule has 0 unspecified atom stereocenters. The van der Waals surface area contributed by atoms with Crippen molar-refractivity contribution < 1.29 is 18.7 Å². The normalized spacial score (nSPS) is 17.1. The number of furan rings is 1.